The number of aliphatic hydroxyl groups excluding tert-OH is 2. The molecule has 0 fully saturated rings. The van der Waals surface area contributed by atoms with Gasteiger partial charge in [-0.1, -0.05) is 0 Å². The molecule has 22 heavy (non-hydrogen) atoms. The van der Waals surface area contributed by atoms with Crippen molar-refractivity contribution in [2.24, 2.45) is 0 Å². The molecule has 2 N–H and O–H groups in total. The van der Waals surface area contributed by atoms with Gasteiger partial charge in [-0.2, -0.15) is 23.7 Å². The topological polar surface area (TPSA) is 88.0 Å². The van der Waals surface area contributed by atoms with Crippen molar-refractivity contribution in [1.82, 2.24) is 0 Å². The molecule has 0 aromatic heterocycles. The number of hydrogen-bond acceptors (Lipinski definition) is 4. The predicted octanol–water partition coefficient (Wildman–Crippen LogP) is 2.29. The molecule has 2 atom stereocenters. The van der Waals surface area contributed by atoms with Crippen LogP contribution in [0.15, 0.2) is 12.1 Å². The van der Waals surface area contributed by atoms with Crippen LogP contribution in [0.25, 0.3) is 0 Å². The molecule has 0 aliphatic rings. The molecule has 0 bridgehead atoms. The fraction of sp³-hybridized carbons (Fsp3) is 0.429. The van der Waals surface area contributed by atoms with Crippen LogP contribution >= 0.6 is 0 Å². The third-order valence-corrected chi connectivity index (χ3v) is 3.11. The summed E-state index contributed by atoms with van der Waals surface area (Å²) in [6.07, 6.45) is -6.94. The number of hydrogen-bond donors (Lipinski definition) is 2. The van der Waals surface area contributed by atoms with Crippen molar-refractivity contribution in [2.45, 2.75) is 38.1 Å². The SMILES string of the molecule is CC(O)C(c1cc(C#N)c(C(F)(F)F)c(C#N)c1)C(C)O.[Cu]. The summed E-state index contributed by atoms with van der Waals surface area (Å²) in [6, 6.07) is 4.74. The fourth-order valence-electron chi connectivity index (χ4n) is 2.30. The van der Waals surface area contributed by atoms with E-state index in [1.165, 1.54) is 26.0 Å². The van der Waals surface area contributed by atoms with Gasteiger partial charge in [0.05, 0.1) is 41.0 Å². The summed E-state index contributed by atoms with van der Waals surface area (Å²) in [7, 11) is 0. The van der Waals surface area contributed by atoms with Gasteiger partial charge in [-0.3, -0.25) is 0 Å². The van der Waals surface area contributed by atoms with Crippen molar-refractivity contribution in [3.8, 4) is 12.1 Å². The summed E-state index contributed by atoms with van der Waals surface area (Å²) >= 11 is 0. The van der Waals surface area contributed by atoms with Gasteiger partial charge in [0.25, 0.3) is 0 Å². The Hall–Kier alpha value is -1.57. The third-order valence-electron chi connectivity index (χ3n) is 3.11. The molecule has 0 amide bonds. The molecule has 8 heteroatoms. The van der Waals surface area contributed by atoms with E-state index < -0.39 is 41.0 Å². The Morgan fingerprint density at radius 3 is 1.59 bits per heavy atom. The third kappa shape index (κ3) is 4.22. The normalized spacial score (nSPS) is 15.0. The minimum atomic E-state index is -4.83. The molecule has 1 aromatic carbocycles. The Morgan fingerprint density at radius 1 is 1.00 bits per heavy atom. The van der Waals surface area contributed by atoms with Gasteiger partial charge in [-0.05, 0) is 31.5 Å². The Labute approximate surface area is 136 Å². The molecule has 0 aliphatic heterocycles. The van der Waals surface area contributed by atoms with Gasteiger partial charge in [0.15, 0.2) is 0 Å². The average Bonchev–Trinajstić information content (AvgIpc) is 2.35. The van der Waals surface area contributed by atoms with E-state index >= 15 is 0 Å². The summed E-state index contributed by atoms with van der Waals surface area (Å²) in [6.45, 7) is 2.74. The van der Waals surface area contributed by atoms with E-state index in [1.54, 1.807) is 0 Å². The Kier molecular flexibility index (Phi) is 7.08. The van der Waals surface area contributed by atoms with Gasteiger partial charge >= 0.3 is 6.18 Å². The van der Waals surface area contributed by atoms with Crippen molar-refractivity contribution in [1.29, 1.82) is 10.5 Å². The van der Waals surface area contributed by atoms with E-state index in [-0.39, 0.29) is 22.6 Å². The molecule has 1 rings (SSSR count). The maximum absolute atomic E-state index is 12.9. The summed E-state index contributed by atoms with van der Waals surface area (Å²) in [4.78, 5) is 0. The van der Waals surface area contributed by atoms with Crippen LogP contribution in [-0.2, 0) is 23.2 Å². The van der Waals surface area contributed by atoms with Gasteiger partial charge in [-0.25, -0.2) is 0 Å². The Bertz CT molecular complexity index is 573. The van der Waals surface area contributed by atoms with Gasteiger partial charge < -0.3 is 10.2 Å². The van der Waals surface area contributed by atoms with Crippen LogP contribution in [0.4, 0.5) is 13.2 Å². The number of halogens is 3. The van der Waals surface area contributed by atoms with E-state index in [2.05, 4.69) is 0 Å². The number of nitrogens with zero attached hydrogens (tertiary/aromatic N) is 2. The van der Waals surface area contributed by atoms with E-state index in [4.69, 9.17) is 10.5 Å². The molecular formula is C14H13CuF3N2O2. The van der Waals surface area contributed by atoms with E-state index in [9.17, 15) is 23.4 Å². The Balaban J connectivity index is 0.00000441. The summed E-state index contributed by atoms with van der Waals surface area (Å²) in [5.74, 6) is -0.897. The quantitative estimate of drug-likeness (QED) is 0.808. The molecule has 1 aromatic rings. The minimum absolute atomic E-state index is 0. The van der Waals surface area contributed by atoms with Crippen LogP contribution < -0.4 is 0 Å². The predicted molar refractivity (Wildman–Crippen MR) is 67.0 cm³/mol. The first-order valence-electron chi connectivity index (χ1n) is 6.05. The van der Waals surface area contributed by atoms with Crippen LogP contribution in [0, 0.1) is 22.7 Å². The van der Waals surface area contributed by atoms with Crippen molar-refractivity contribution >= 4 is 0 Å². The molecule has 0 heterocycles. The van der Waals surface area contributed by atoms with Gasteiger partial charge in [-0.15, -0.1) is 0 Å². The summed E-state index contributed by atoms with van der Waals surface area (Å²) in [5, 5.41) is 37.1. The maximum Gasteiger partial charge on any atom is 0.418 e. The van der Waals surface area contributed by atoms with E-state index in [0.717, 1.165) is 12.1 Å². The molecule has 123 valence electrons. The molecule has 1 radical (unpaired) electrons. The molecule has 2 unspecified atom stereocenters. The number of rotatable bonds is 3. The second-order valence-electron chi connectivity index (χ2n) is 4.72. The fourth-order valence-corrected chi connectivity index (χ4v) is 2.30. The number of alkyl halides is 3. The van der Waals surface area contributed by atoms with E-state index in [1.807, 2.05) is 0 Å². The summed E-state index contributed by atoms with van der Waals surface area (Å²) in [5.41, 5.74) is -2.60. The molecule has 0 spiro atoms. The average molecular weight is 362 g/mol. The van der Waals surface area contributed by atoms with Crippen LogP contribution in [0.5, 0.6) is 0 Å². The van der Waals surface area contributed by atoms with Crippen molar-refractivity contribution in [2.75, 3.05) is 0 Å². The second-order valence-corrected chi connectivity index (χ2v) is 4.72. The molecule has 4 nitrogen and oxygen atoms in total. The first-order chi connectivity index (χ1) is 9.63. The molecule has 0 saturated heterocycles. The van der Waals surface area contributed by atoms with Crippen LogP contribution in [0.3, 0.4) is 0 Å². The maximum atomic E-state index is 12.9. The second kappa shape index (κ2) is 7.62. The van der Waals surface area contributed by atoms with Crippen LogP contribution in [0.2, 0.25) is 0 Å². The Morgan fingerprint density at radius 2 is 1.36 bits per heavy atom. The first-order valence-corrected chi connectivity index (χ1v) is 6.05. The van der Waals surface area contributed by atoms with Gasteiger partial charge in [0, 0.05) is 23.0 Å². The van der Waals surface area contributed by atoms with E-state index in [0.29, 0.717) is 0 Å². The molecular weight excluding hydrogens is 349 g/mol. The standard InChI is InChI=1S/C14H13F3N2O2.Cu/c1-7(20)12(8(2)21)9-3-10(5-18)13(14(15,16)17)11(4-9)6-19;/h3-4,7-8,12,20-21H,1-2H3;. The molecule has 0 saturated carbocycles. The smallest absolute Gasteiger partial charge is 0.393 e. The largest absolute Gasteiger partial charge is 0.418 e. The number of benzene rings is 1. The van der Waals surface area contributed by atoms with Crippen LogP contribution in [0.1, 0.15) is 42.0 Å². The van der Waals surface area contributed by atoms with Crippen molar-refractivity contribution in [3.05, 3.63) is 34.4 Å². The van der Waals surface area contributed by atoms with Crippen molar-refractivity contribution < 1.29 is 40.5 Å². The minimum Gasteiger partial charge on any atom is -0.393 e. The van der Waals surface area contributed by atoms with Crippen LogP contribution in [-0.4, -0.2) is 22.4 Å². The monoisotopic (exact) mass is 361 g/mol. The van der Waals surface area contributed by atoms with Gasteiger partial charge in [0.1, 0.15) is 0 Å². The first kappa shape index (κ1) is 20.4. The number of aliphatic hydroxyl groups is 2. The zero-order valence-electron chi connectivity index (χ0n) is 11.6. The molecule has 0 aliphatic carbocycles. The van der Waals surface area contributed by atoms with Crippen molar-refractivity contribution in [3.63, 3.8) is 0 Å². The van der Waals surface area contributed by atoms with Gasteiger partial charge in [0.2, 0.25) is 0 Å². The zero-order valence-corrected chi connectivity index (χ0v) is 12.6. The number of nitriles is 2. The summed E-state index contributed by atoms with van der Waals surface area (Å²) < 4.78 is 38.8. The zero-order chi connectivity index (χ0) is 16.4.